The summed E-state index contributed by atoms with van der Waals surface area (Å²) in [6.07, 6.45) is -2.67. The molecule has 37 heavy (non-hydrogen) atoms. The van der Waals surface area contributed by atoms with Gasteiger partial charge < -0.3 is 14.1 Å². The number of carbonyl (C=O) groups is 1. The maximum absolute atomic E-state index is 13.8. The molecule has 0 saturated carbocycles. The van der Waals surface area contributed by atoms with E-state index in [0.717, 1.165) is 22.3 Å². The highest BCUT2D eigenvalue weighted by atomic mass is 79.9. The molecule has 8 nitrogen and oxygen atoms in total. The van der Waals surface area contributed by atoms with E-state index in [1.165, 1.54) is 4.57 Å². The summed E-state index contributed by atoms with van der Waals surface area (Å²) in [7, 11) is 3.19. The van der Waals surface area contributed by atoms with Gasteiger partial charge in [-0.2, -0.15) is 13.2 Å². The minimum Gasteiger partial charge on any atom is -0.408 e. The lowest BCUT2D eigenvalue weighted by molar-refractivity contribution is -0.145. The molecule has 2 aliphatic rings. The Balaban J connectivity index is 1.35. The van der Waals surface area contributed by atoms with Gasteiger partial charge in [-0.3, -0.25) is 19.2 Å². The van der Waals surface area contributed by atoms with Gasteiger partial charge in [0.25, 0.3) is 0 Å². The molecule has 198 valence electrons. The van der Waals surface area contributed by atoms with Crippen molar-refractivity contribution < 1.29 is 27.1 Å². The Morgan fingerprint density at radius 3 is 2.78 bits per heavy atom. The second-order valence-electron chi connectivity index (χ2n) is 9.82. The maximum Gasteiger partial charge on any atom is 0.419 e. The van der Waals surface area contributed by atoms with Gasteiger partial charge in [-0.1, -0.05) is 15.9 Å². The number of aromatic nitrogens is 2. The summed E-state index contributed by atoms with van der Waals surface area (Å²) in [4.78, 5) is 33.5. The van der Waals surface area contributed by atoms with Crippen molar-refractivity contribution in [3.8, 4) is 0 Å². The summed E-state index contributed by atoms with van der Waals surface area (Å²) in [5.41, 5.74) is 1.49. The van der Waals surface area contributed by atoms with Crippen LogP contribution in [0.3, 0.4) is 0 Å². The molecular formula is C25H26BrF3N4O4. The van der Waals surface area contributed by atoms with Crippen molar-refractivity contribution in [3.63, 3.8) is 0 Å². The van der Waals surface area contributed by atoms with Gasteiger partial charge in [0.1, 0.15) is 0 Å². The summed E-state index contributed by atoms with van der Waals surface area (Å²) in [6.45, 7) is 2.29. The zero-order chi connectivity index (χ0) is 26.5. The normalized spacial score (nSPS) is 20.5. The molecule has 0 spiro atoms. The van der Waals surface area contributed by atoms with Crippen molar-refractivity contribution in [2.24, 2.45) is 12.5 Å². The second-order valence-corrected chi connectivity index (χ2v) is 10.7. The van der Waals surface area contributed by atoms with Crippen molar-refractivity contribution >= 4 is 32.9 Å². The lowest BCUT2D eigenvalue weighted by Crippen LogP contribution is -2.49. The number of ether oxygens (including phenoxy) is 1. The number of halogens is 4. The fourth-order valence-corrected chi connectivity index (χ4v) is 5.82. The van der Waals surface area contributed by atoms with Gasteiger partial charge in [0.15, 0.2) is 5.58 Å². The highest BCUT2D eigenvalue weighted by Crippen LogP contribution is 2.37. The second kappa shape index (κ2) is 9.55. The summed E-state index contributed by atoms with van der Waals surface area (Å²) in [5, 5.41) is 0. The third-order valence-electron chi connectivity index (χ3n) is 7.32. The van der Waals surface area contributed by atoms with Gasteiger partial charge >= 0.3 is 11.9 Å². The molecule has 1 unspecified atom stereocenters. The largest absolute Gasteiger partial charge is 0.419 e. The summed E-state index contributed by atoms with van der Waals surface area (Å²) >= 11 is 3.58. The number of nitrogens with zero attached hydrogens (tertiary/aromatic N) is 4. The van der Waals surface area contributed by atoms with Gasteiger partial charge in [0.2, 0.25) is 5.91 Å². The number of oxazole rings is 1. The van der Waals surface area contributed by atoms with Gasteiger partial charge in [0.05, 0.1) is 23.1 Å². The third-order valence-corrected chi connectivity index (χ3v) is 8.05. The van der Waals surface area contributed by atoms with Crippen LogP contribution < -0.4 is 5.76 Å². The van der Waals surface area contributed by atoms with E-state index in [1.807, 2.05) is 12.1 Å². The Labute approximate surface area is 219 Å². The molecule has 12 heteroatoms. The average molecular weight is 583 g/mol. The topological polar surface area (TPSA) is 80.8 Å². The van der Waals surface area contributed by atoms with Gasteiger partial charge in [0, 0.05) is 63.1 Å². The summed E-state index contributed by atoms with van der Waals surface area (Å²) in [6, 6.07) is 4.76. The number of carbonyl (C=O) groups excluding carboxylic acids is 1. The monoisotopic (exact) mass is 582 g/mol. The number of alkyl halides is 3. The molecule has 0 radical (unpaired) electrons. The Morgan fingerprint density at radius 1 is 1.27 bits per heavy atom. The fraction of sp³-hybridized carbons (Fsp3) is 0.480. The summed E-state index contributed by atoms with van der Waals surface area (Å²) < 4.78 is 52.7. The van der Waals surface area contributed by atoms with Crippen LogP contribution in [0.25, 0.3) is 11.1 Å². The standard InChI is InChI=1S/C25H26BrF3N4O4/c1-31-20-9-18(26)15(8-21(20)37-23(31)35)11-32-6-4-24(13-32,14-36-2)22(34)33-5-3-19-16(12-33)7-17(10-30-19)25(27,28)29/h7-10H,3-6,11-14H2,1-2H3. The number of methoxy groups -OCH3 is 1. The van der Waals surface area contributed by atoms with Crippen molar-refractivity contribution in [1.29, 1.82) is 0 Å². The van der Waals surface area contributed by atoms with E-state index in [9.17, 15) is 22.8 Å². The molecule has 2 aliphatic heterocycles. The van der Waals surface area contributed by atoms with Crippen molar-refractivity contribution in [2.45, 2.75) is 32.1 Å². The highest BCUT2D eigenvalue weighted by Gasteiger charge is 2.47. The molecule has 1 aromatic carbocycles. The Hall–Kier alpha value is -2.70. The van der Waals surface area contributed by atoms with Gasteiger partial charge in [-0.25, -0.2) is 4.79 Å². The van der Waals surface area contributed by atoms with Crippen LogP contribution in [-0.4, -0.2) is 58.6 Å². The molecule has 1 fully saturated rings. The first-order valence-corrected chi connectivity index (χ1v) is 12.6. The minimum absolute atomic E-state index is 0.0891. The van der Waals surface area contributed by atoms with E-state index in [2.05, 4.69) is 25.8 Å². The molecule has 0 aliphatic carbocycles. The van der Waals surface area contributed by atoms with Crippen LogP contribution in [-0.2, 0) is 42.3 Å². The number of hydrogen-bond acceptors (Lipinski definition) is 6. The number of amides is 1. The van der Waals surface area contributed by atoms with Crippen LogP contribution in [0.5, 0.6) is 0 Å². The fourth-order valence-electron chi connectivity index (χ4n) is 5.37. The lowest BCUT2D eigenvalue weighted by Gasteiger charge is -2.36. The zero-order valence-corrected chi connectivity index (χ0v) is 22.0. The number of fused-ring (bicyclic) bond motifs is 2. The first-order valence-electron chi connectivity index (χ1n) is 11.8. The molecule has 4 heterocycles. The smallest absolute Gasteiger partial charge is 0.408 e. The lowest BCUT2D eigenvalue weighted by atomic mass is 9.85. The first-order chi connectivity index (χ1) is 17.5. The van der Waals surface area contributed by atoms with Crippen LogP contribution in [0.15, 0.2) is 38.1 Å². The van der Waals surface area contributed by atoms with E-state index in [-0.39, 0.29) is 19.1 Å². The number of likely N-dealkylation sites (tertiary alicyclic amines) is 1. The quantitative estimate of drug-likeness (QED) is 0.456. The van der Waals surface area contributed by atoms with Crippen LogP contribution in [0, 0.1) is 5.41 Å². The van der Waals surface area contributed by atoms with E-state index < -0.39 is 22.9 Å². The SMILES string of the molecule is COCC1(C(=O)N2CCc3ncc(C(F)(F)F)cc3C2)CCN(Cc2cc3oc(=O)n(C)c3cc2Br)C1. The maximum atomic E-state index is 13.8. The molecule has 5 rings (SSSR count). The molecule has 0 N–H and O–H groups in total. The number of pyridine rings is 1. The van der Waals surface area contributed by atoms with E-state index in [4.69, 9.17) is 9.15 Å². The minimum atomic E-state index is -4.49. The van der Waals surface area contributed by atoms with Crippen molar-refractivity contribution in [2.75, 3.05) is 33.4 Å². The molecule has 1 saturated heterocycles. The number of benzene rings is 1. The Kier molecular flexibility index (Phi) is 6.70. The molecule has 3 aromatic rings. The van der Waals surface area contributed by atoms with Crippen LogP contribution in [0.1, 0.15) is 28.8 Å². The van der Waals surface area contributed by atoms with E-state index >= 15 is 0 Å². The number of rotatable bonds is 5. The predicted molar refractivity (Wildman–Crippen MR) is 132 cm³/mol. The van der Waals surface area contributed by atoms with Crippen molar-refractivity contribution in [1.82, 2.24) is 19.4 Å². The van der Waals surface area contributed by atoms with Crippen molar-refractivity contribution in [3.05, 3.63) is 61.8 Å². The average Bonchev–Trinajstić information content (AvgIpc) is 3.38. The third kappa shape index (κ3) is 4.82. The number of hydrogen-bond donors (Lipinski definition) is 0. The number of aryl methyl sites for hydroxylation is 1. The van der Waals surface area contributed by atoms with Crippen LogP contribution >= 0.6 is 15.9 Å². The predicted octanol–water partition coefficient (Wildman–Crippen LogP) is 3.73. The van der Waals surface area contributed by atoms with Gasteiger partial charge in [-0.15, -0.1) is 0 Å². The Bertz CT molecular complexity index is 1420. The van der Waals surface area contributed by atoms with E-state index in [0.29, 0.717) is 61.4 Å². The molecular weight excluding hydrogens is 557 g/mol. The zero-order valence-electron chi connectivity index (χ0n) is 20.4. The van der Waals surface area contributed by atoms with E-state index in [1.54, 1.807) is 19.1 Å². The Morgan fingerprint density at radius 2 is 2.05 bits per heavy atom. The van der Waals surface area contributed by atoms with Crippen LogP contribution in [0.2, 0.25) is 0 Å². The summed E-state index contributed by atoms with van der Waals surface area (Å²) in [5.74, 6) is -0.561. The molecule has 1 amide bonds. The van der Waals surface area contributed by atoms with Crippen LogP contribution in [0.4, 0.5) is 13.2 Å². The van der Waals surface area contributed by atoms with Gasteiger partial charge in [-0.05, 0) is 42.3 Å². The highest BCUT2D eigenvalue weighted by molar-refractivity contribution is 9.10. The first kappa shape index (κ1) is 25.9. The molecule has 0 bridgehead atoms. The molecule has 1 atom stereocenters. The molecule has 2 aromatic heterocycles.